The molecule has 0 radical (unpaired) electrons. The molecular formula is C19H21NO2S. The van der Waals surface area contributed by atoms with E-state index in [4.69, 9.17) is 4.74 Å². The summed E-state index contributed by atoms with van der Waals surface area (Å²) in [5.74, 6) is 2.08. The third-order valence-corrected chi connectivity index (χ3v) is 4.95. The molecule has 0 spiro atoms. The molecule has 0 aromatic heterocycles. The Morgan fingerprint density at radius 3 is 2.17 bits per heavy atom. The number of rotatable bonds is 5. The van der Waals surface area contributed by atoms with Crippen LogP contribution in [-0.4, -0.2) is 37.1 Å². The minimum absolute atomic E-state index is 0.108. The van der Waals surface area contributed by atoms with Gasteiger partial charge < -0.3 is 9.64 Å². The maximum atomic E-state index is 12.4. The van der Waals surface area contributed by atoms with Crippen LogP contribution >= 0.6 is 11.8 Å². The standard InChI is InChI=1S/C19H21NO2S/c21-19(20-10-12-22-13-11-20)18-8-6-17(7-9-18)15-23-14-16-4-2-1-3-5-16/h1-9H,10-15H2. The summed E-state index contributed by atoms with van der Waals surface area (Å²) in [5, 5.41) is 0. The molecule has 3 nitrogen and oxygen atoms in total. The zero-order chi connectivity index (χ0) is 15.9. The first-order chi connectivity index (χ1) is 11.3. The minimum atomic E-state index is 0.108. The molecule has 1 aliphatic heterocycles. The van der Waals surface area contributed by atoms with Gasteiger partial charge in [0.2, 0.25) is 0 Å². The highest BCUT2D eigenvalue weighted by atomic mass is 32.2. The summed E-state index contributed by atoms with van der Waals surface area (Å²) >= 11 is 1.89. The highest BCUT2D eigenvalue weighted by Crippen LogP contribution is 2.18. The lowest BCUT2D eigenvalue weighted by molar-refractivity contribution is 0.0303. The number of carbonyl (C=O) groups is 1. The molecule has 2 aromatic rings. The molecule has 0 aliphatic carbocycles. The topological polar surface area (TPSA) is 29.5 Å². The van der Waals surface area contributed by atoms with Crippen LogP contribution in [0.15, 0.2) is 54.6 Å². The molecule has 1 fully saturated rings. The molecule has 1 aliphatic rings. The first-order valence-corrected chi connectivity index (χ1v) is 9.06. The van der Waals surface area contributed by atoms with Gasteiger partial charge in [-0.15, -0.1) is 0 Å². The quantitative estimate of drug-likeness (QED) is 0.840. The van der Waals surface area contributed by atoms with Crippen molar-refractivity contribution in [1.29, 1.82) is 0 Å². The van der Waals surface area contributed by atoms with Crippen LogP contribution in [0.3, 0.4) is 0 Å². The fourth-order valence-electron chi connectivity index (χ4n) is 2.55. The zero-order valence-corrected chi connectivity index (χ0v) is 13.9. The van der Waals surface area contributed by atoms with Gasteiger partial charge in [0.25, 0.3) is 5.91 Å². The first-order valence-electron chi connectivity index (χ1n) is 7.90. The van der Waals surface area contributed by atoms with Crippen LogP contribution in [0.1, 0.15) is 21.5 Å². The van der Waals surface area contributed by atoms with Crippen LogP contribution in [0.2, 0.25) is 0 Å². The smallest absolute Gasteiger partial charge is 0.254 e. The van der Waals surface area contributed by atoms with Gasteiger partial charge >= 0.3 is 0 Å². The molecule has 0 N–H and O–H groups in total. The summed E-state index contributed by atoms with van der Waals surface area (Å²) in [6.07, 6.45) is 0. The van der Waals surface area contributed by atoms with E-state index >= 15 is 0 Å². The van der Waals surface area contributed by atoms with Crippen LogP contribution in [0, 0.1) is 0 Å². The number of nitrogens with zero attached hydrogens (tertiary/aromatic N) is 1. The van der Waals surface area contributed by atoms with Crippen LogP contribution < -0.4 is 0 Å². The second kappa shape index (κ2) is 8.18. The average molecular weight is 327 g/mol. The lowest BCUT2D eigenvalue weighted by atomic mass is 10.1. The van der Waals surface area contributed by atoms with E-state index in [1.165, 1.54) is 11.1 Å². The Bertz CT molecular complexity index is 622. The number of amides is 1. The lowest BCUT2D eigenvalue weighted by Gasteiger charge is -2.26. The molecule has 3 rings (SSSR count). The van der Waals surface area contributed by atoms with Crippen LogP contribution in [-0.2, 0) is 16.2 Å². The molecule has 1 heterocycles. The highest BCUT2D eigenvalue weighted by molar-refractivity contribution is 7.97. The summed E-state index contributed by atoms with van der Waals surface area (Å²) in [5.41, 5.74) is 3.37. The van der Waals surface area contributed by atoms with E-state index in [1.807, 2.05) is 34.9 Å². The van der Waals surface area contributed by atoms with Gasteiger partial charge in [0.1, 0.15) is 0 Å². The van der Waals surface area contributed by atoms with E-state index in [1.54, 1.807) is 0 Å². The fraction of sp³-hybridized carbons (Fsp3) is 0.316. The van der Waals surface area contributed by atoms with Gasteiger partial charge in [-0.1, -0.05) is 42.5 Å². The number of benzene rings is 2. The number of thioether (sulfide) groups is 1. The maximum Gasteiger partial charge on any atom is 0.254 e. The molecule has 0 bridgehead atoms. The van der Waals surface area contributed by atoms with Gasteiger partial charge in [-0.05, 0) is 23.3 Å². The second-order valence-electron chi connectivity index (χ2n) is 5.58. The summed E-state index contributed by atoms with van der Waals surface area (Å²) in [4.78, 5) is 14.2. The van der Waals surface area contributed by atoms with Gasteiger partial charge in [-0.25, -0.2) is 0 Å². The van der Waals surface area contributed by atoms with Crippen molar-refractivity contribution in [3.63, 3.8) is 0 Å². The number of ether oxygens (including phenoxy) is 1. The molecule has 120 valence electrons. The SMILES string of the molecule is O=C(c1ccc(CSCc2ccccc2)cc1)N1CCOCC1. The van der Waals surface area contributed by atoms with Gasteiger partial charge in [0, 0.05) is 30.2 Å². The van der Waals surface area contributed by atoms with E-state index in [0.29, 0.717) is 26.3 Å². The Morgan fingerprint density at radius 1 is 0.913 bits per heavy atom. The molecule has 1 saturated heterocycles. The van der Waals surface area contributed by atoms with Crippen molar-refractivity contribution in [2.45, 2.75) is 11.5 Å². The number of carbonyl (C=O) groups excluding carboxylic acids is 1. The highest BCUT2D eigenvalue weighted by Gasteiger charge is 2.18. The molecule has 2 aromatic carbocycles. The zero-order valence-electron chi connectivity index (χ0n) is 13.1. The fourth-order valence-corrected chi connectivity index (χ4v) is 3.51. The minimum Gasteiger partial charge on any atom is -0.378 e. The third kappa shape index (κ3) is 4.60. The molecule has 0 unspecified atom stereocenters. The van der Waals surface area contributed by atoms with Crippen molar-refractivity contribution in [2.75, 3.05) is 26.3 Å². The molecule has 4 heteroatoms. The predicted molar refractivity (Wildman–Crippen MR) is 94.6 cm³/mol. The summed E-state index contributed by atoms with van der Waals surface area (Å²) in [7, 11) is 0. The summed E-state index contributed by atoms with van der Waals surface area (Å²) < 4.78 is 5.29. The molecule has 23 heavy (non-hydrogen) atoms. The third-order valence-electron chi connectivity index (χ3n) is 3.88. The Hall–Kier alpha value is -1.78. The van der Waals surface area contributed by atoms with Crippen molar-refractivity contribution in [3.8, 4) is 0 Å². The van der Waals surface area contributed by atoms with Gasteiger partial charge in [-0.2, -0.15) is 11.8 Å². The Balaban J connectivity index is 1.51. The van der Waals surface area contributed by atoms with E-state index in [2.05, 4.69) is 36.4 Å². The van der Waals surface area contributed by atoms with Crippen molar-refractivity contribution in [3.05, 3.63) is 71.3 Å². The van der Waals surface area contributed by atoms with Crippen molar-refractivity contribution >= 4 is 17.7 Å². The largest absolute Gasteiger partial charge is 0.378 e. The monoisotopic (exact) mass is 327 g/mol. The van der Waals surface area contributed by atoms with Gasteiger partial charge in [0.05, 0.1) is 13.2 Å². The van der Waals surface area contributed by atoms with E-state index in [0.717, 1.165) is 17.1 Å². The normalized spacial score (nSPS) is 14.7. The second-order valence-corrected chi connectivity index (χ2v) is 6.57. The van der Waals surface area contributed by atoms with E-state index < -0.39 is 0 Å². The summed E-state index contributed by atoms with van der Waals surface area (Å²) in [6.45, 7) is 2.65. The van der Waals surface area contributed by atoms with Crippen LogP contribution in [0.25, 0.3) is 0 Å². The van der Waals surface area contributed by atoms with Gasteiger partial charge in [0.15, 0.2) is 0 Å². The lowest BCUT2D eigenvalue weighted by Crippen LogP contribution is -2.40. The Kier molecular flexibility index (Phi) is 5.72. The first kappa shape index (κ1) is 16.1. The van der Waals surface area contributed by atoms with Crippen molar-refractivity contribution in [1.82, 2.24) is 4.90 Å². The molecular weight excluding hydrogens is 306 g/mol. The van der Waals surface area contributed by atoms with E-state index in [9.17, 15) is 4.79 Å². The van der Waals surface area contributed by atoms with Crippen LogP contribution in [0.4, 0.5) is 0 Å². The number of morpholine rings is 1. The van der Waals surface area contributed by atoms with Crippen molar-refractivity contribution in [2.24, 2.45) is 0 Å². The number of hydrogen-bond acceptors (Lipinski definition) is 3. The number of hydrogen-bond donors (Lipinski definition) is 0. The van der Waals surface area contributed by atoms with Crippen molar-refractivity contribution < 1.29 is 9.53 Å². The summed E-state index contributed by atoms with van der Waals surface area (Å²) in [6, 6.07) is 18.5. The predicted octanol–water partition coefficient (Wildman–Crippen LogP) is 3.59. The van der Waals surface area contributed by atoms with Crippen LogP contribution in [0.5, 0.6) is 0 Å². The Labute approximate surface area is 141 Å². The molecule has 1 amide bonds. The molecule has 0 atom stereocenters. The van der Waals surface area contributed by atoms with E-state index in [-0.39, 0.29) is 5.91 Å². The van der Waals surface area contributed by atoms with Gasteiger partial charge in [-0.3, -0.25) is 4.79 Å². The Morgan fingerprint density at radius 2 is 1.52 bits per heavy atom. The molecule has 0 saturated carbocycles. The average Bonchev–Trinajstić information content (AvgIpc) is 2.63. The maximum absolute atomic E-state index is 12.4.